The summed E-state index contributed by atoms with van der Waals surface area (Å²) in [4.78, 5) is 23.0. The molecule has 0 rings (SSSR count). The molecule has 0 unspecified atom stereocenters. The molecule has 0 heterocycles. The van der Waals surface area contributed by atoms with Crippen molar-refractivity contribution in [3.8, 4) is 0 Å². The van der Waals surface area contributed by atoms with Gasteiger partial charge in [-0.3, -0.25) is 9.59 Å². The zero-order valence-electron chi connectivity index (χ0n) is 11.3. The molecule has 0 fully saturated rings. The fourth-order valence-corrected chi connectivity index (χ4v) is 2.85. The number of rotatable bonds is 10. The quantitative estimate of drug-likeness (QED) is 0.571. The van der Waals surface area contributed by atoms with Crippen molar-refractivity contribution in [2.45, 2.75) is 57.5 Å². The molecular formula is C13H24O2S2. The highest BCUT2D eigenvalue weighted by atomic mass is 32.2. The van der Waals surface area contributed by atoms with Gasteiger partial charge in [-0.25, -0.2) is 0 Å². The number of carbonyl (C=O) groups excluding carboxylic acids is 2. The molecule has 0 aliphatic rings. The summed E-state index contributed by atoms with van der Waals surface area (Å²) in [5.41, 5.74) is 0. The number of Topliss-reactive ketones (excluding diaryl/α,β-unsaturated/α-hetero) is 2. The third-order valence-corrected chi connectivity index (χ3v) is 4.27. The van der Waals surface area contributed by atoms with Crippen molar-refractivity contribution < 1.29 is 9.59 Å². The number of thioether (sulfide) groups is 2. The van der Waals surface area contributed by atoms with Crippen LogP contribution in [0.5, 0.6) is 0 Å². The van der Waals surface area contributed by atoms with Gasteiger partial charge in [0.15, 0.2) is 0 Å². The monoisotopic (exact) mass is 276 g/mol. The molecule has 0 aliphatic heterocycles. The standard InChI is InChI=1S/C13H24O2S2/c1-10(2)16-7-5-12(14)9-13(15)6-8-17-11(3)4/h10-11H,5-9H2,1-4H3. The zero-order chi connectivity index (χ0) is 13.3. The van der Waals surface area contributed by atoms with Crippen molar-refractivity contribution in [1.29, 1.82) is 0 Å². The molecule has 17 heavy (non-hydrogen) atoms. The molecule has 0 saturated carbocycles. The predicted octanol–water partition coefficient (Wildman–Crippen LogP) is 3.58. The third-order valence-electron chi connectivity index (χ3n) is 2.06. The minimum absolute atomic E-state index is 0.0951. The smallest absolute Gasteiger partial charge is 0.141 e. The highest BCUT2D eigenvalue weighted by Crippen LogP contribution is 2.13. The van der Waals surface area contributed by atoms with E-state index in [0.717, 1.165) is 11.5 Å². The Morgan fingerprint density at radius 3 is 1.47 bits per heavy atom. The Morgan fingerprint density at radius 2 is 1.18 bits per heavy atom. The van der Waals surface area contributed by atoms with Gasteiger partial charge in [-0.15, -0.1) is 0 Å². The molecule has 0 aliphatic carbocycles. The maximum absolute atomic E-state index is 11.5. The highest BCUT2D eigenvalue weighted by molar-refractivity contribution is 8.00. The van der Waals surface area contributed by atoms with Gasteiger partial charge in [0.25, 0.3) is 0 Å². The summed E-state index contributed by atoms with van der Waals surface area (Å²) in [6.45, 7) is 8.46. The van der Waals surface area contributed by atoms with Gasteiger partial charge in [0, 0.05) is 24.3 Å². The lowest BCUT2D eigenvalue weighted by Gasteiger charge is -2.05. The van der Waals surface area contributed by atoms with Gasteiger partial charge in [0.1, 0.15) is 11.6 Å². The topological polar surface area (TPSA) is 34.1 Å². The fraction of sp³-hybridized carbons (Fsp3) is 0.846. The van der Waals surface area contributed by atoms with Crippen LogP contribution >= 0.6 is 23.5 Å². The molecule has 0 amide bonds. The van der Waals surface area contributed by atoms with Gasteiger partial charge >= 0.3 is 0 Å². The van der Waals surface area contributed by atoms with Crippen LogP contribution in [0.4, 0.5) is 0 Å². The van der Waals surface area contributed by atoms with Crippen LogP contribution in [-0.2, 0) is 9.59 Å². The van der Waals surface area contributed by atoms with Crippen LogP contribution in [0.2, 0.25) is 0 Å². The first-order valence-electron chi connectivity index (χ1n) is 6.18. The Hall–Kier alpha value is 0.0400. The normalized spacial score (nSPS) is 11.2. The molecule has 0 spiro atoms. The van der Waals surface area contributed by atoms with E-state index in [-0.39, 0.29) is 18.0 Å². The summed E-state index contributed by atoms with van der Waals surface area (Å²) in [6.07, 6.45) is 1.20. The largest absolute Gasteiger partial charge is 0.299 e. The maximum Gasteiger partial charge on any atom is 0.141 e. The van der Waals surface area contributed by atoms with Crippen molar-refractivity contribution in [1.82, 2.24) is 0 Å². The van der Waals surface area contributed by atoms with E-state index < -0.39 is 0 Å². The molecule has 0 atom stereocenters. The van der Waals surface area contributed by atoms with Gasteiger partial charge in [-0.1, -0.05) is 27.7 Å². The molecule has 0 radical (unpaired) electrons. The second kappa shape index (κ2) is 10.0. The average molecular weight is 276 g/mol. The van der Waals surface area contributed by atoms with Crippen LogP contribution in [0.25, 0.3) is 0 Å². The number of carbonyl (C=O) groups is 2. The van der Waals surface area contributed by atoms with Gasteiger partial charge in [0.05, 0.1) is 6.42 Å². The summed E-state index contributed by atoms with van der Waals surface area (Å²) >= 11 is 3.54. The van der Waals surface area contributed by atoms with Crippen molar-refractivity contribution >= 4 is 35.1 Å². The summed E-state index contributed by atoms with van der Waals surface area (Å²) in [5, 5.41) is 1.11. The SMILES string of the molecule is CC(C)SCCC(=O)CC(=O)CCSC(C)C. The van der Waals surface area contributed by atoms with Crippen molar-refractivity contribution in [3.05, 3.63) is 0 Å². The molecule has 100 valence electrons. The Morgan fingerprint density at radius 1 is 0.824 bits per heavy atom. The zero-order valence-corrected chi connectivity index (χ0v) is 13.0. The van der Waals surface area contributed by atoms with E-state index in [1.807, 2.05) is 0 Å². The number of hydrogen-bond donors (Lipinski definition) is 0. The lowest BCUT2D eigenvalue weighted by Crippen LogP contribution is -2.10. The van der Waals surface area contributed by atoms with Crippen molar-refractivity contribution in [2.24, 2.45) is 0 Å². The lowest BCUT2D eigenvalue weighted by atomic mass is 10.1. The molecule has 0 aromatic carbocycles. The molecule has 0 N–H and O–H groups in total. The van der Waals surface area contributed by atoms with Crippen LogP contribution in [0.3, 0.4) is 0 Å². The fourth-order valence-electron chi connectivity index (χ4n) is 1.21. The first kappa shape index (κ1) is 17.0. The van der Waals surface area contributed by atoms with Crippen LogP contribution in [0.1, 0.15) is 47.0 Å². The van der Waals surface area contributed by atoms with E-state index in [2.05, 4.69) is 27.7 Å². The maximum atomic E-state index is 11.5. The van der Waals surface area contributed by atoms with Gasteiger partial charge in [-0.05, 0) is 10.5 Å². The summed E-state index contributed by atoms with van der Waals surface area (Å²) in [6, 6.07) is 0. The molecule has 0 bridgehead atoms. The predicted molar refractivity (Wildman–Crippen MR) is 79.1 cm³/mol. The molecule has 0 saturated heterocycles. The minimum atomic E-state index is 0.0951. The van der Waals surface area contributed by atoms with E-state index in [4.69, 9.17) is 0 Å². The highest BCUT2D eigenvalue weighted by Gasteiger charge is 2.10. The van der Waals surface area contributed by atoms with Crippen molar-refractivity contribution in [3.63, 3.8) is 0 Å². The van der Waals surface area contributed by atoms with E-state index in [9.17, 15) is 9.59 Å². The Kier molecular flexibility index (Phi) is 10.0. The second-order valence-electron chi connectivity index (χ2n) is 4.59. The molecule has 0 aromatic rings. The number of ketones is 2. The molecule has 4 heteroatoms. The molecule has 2 nitrogen and oxygen atoms in total. The van der Waals surface area contributed by atoms with Crippen molar-refractivity contribution in [2.75, 3.05) is 11.5 Å². The van der Waals surface area contributed by atoms with E-state index in [1.54, 1.807) is 23.5 Å². The van der Waals surface area contributed by atoms with Crippen LogP contribution in [-0.4, -0.2) is 33.6 Å². The van der Waals surface area contributed by atoms with Crippen LogP contribution in [0.15, 0.2) is 0 Å². The van der Waals surface area contributed by atoms with E-state index in [1.165, 1.54) is 0 Å². The first-order chi connectivity index (χ1) is 7.91. The van der Waals surface area contributed by atoms with Crippen LogP contribution < -0.4 is 0 Å². The summed E-state index contributed by atoms with van der Waals surface area (Å²) in [5.74, 6) is 1.87. The summed E-state index contributed by atoms with van der Waals surface area (Å²) < 4.78 is 0. The van der Waals surface area contributed by atoms with E-state index >= 15 is 0 Å². The molecule has 0 aromatic heterocycles. The lowest BCUT2D eigenvalue weighted by molar-refractivity contribution is -0.126. The second-order valence-corrected chi connectivity index (χ2v) is 7.96. The average Bonchev–Trinajstić information content (AvgIpc) is 2.15. The minimum Gasteiger partial charge on any atom is -0.299 e. The van der Waals surface area contributed by atoms with Gasteiger partial charge in [0.2, 0.25) is 0 Å². The van der Waals surface area contributed by atoms with E-state index in [0.29, 0.717) is 23.3 Å². The Bertz CT molecular complexity index is 214. The van der Waals surface area contributed by atoms with Gasteiger partial charge in [-0.2, -0.15) is 23.5 Å². The van der Waals surface area contributed by atoms with Crippen LogP contribution in [0, 0.1) is 0 Å². The number of hydrogen-bond acceptors (Lipinski definition) is 4. The summed E-state index contributed by atoms with van der Waals surface area (Å²) in [7, 11) is 0. The first-order valence-corrected chi connectivity index (χ1v) is 8.28. The Labute approximate surface area is 114 Å². The molecular weight excluding hydrogens is 252 g/mol. The Balaban J connectivity index is 3.56. The van der Waals surface area contributed by atoms with Gasteiger partial charge < -0.3 is 0 Å². The third kappa shape index (κ3) is 12.3.